The number of carbonyl (C=O) groups excluding carboxylic acids is 1. The van der Waals surface area contributed by atoms with Crippen LogP contribution in [0.5, 0.6) is 0 Å². The highest BCUT2D eigenvalue weighted by molar-refractivity contribution is 6.07. The standard InChI is InChI=1S/C26H35N5O4.CH4.ClH/c1-17-13-23-21(24-22(25(32)28-23)15-27-31(24)19-5-11-35-12-6-19)14-20(17)26(33)30-9-8-29(18(2)16-30)7-4-10-34-3;;/h13-15,18-19H,4-12,16H2,1-3H3,(H,28,32);1H4;1H/t18-;;/m1../s1. The summed E-state index contributed by atoms with van der Waals surface area (Å²) in [5, 5.41) is 6.02. The number of nitrogens with one attached hydrogen (secondary N) is 1. The van der Waals surface area contributed by atoms with Gasteiger partial charge in [-0.05, 0) is 50.8 Å². The molecule has 0 aliphatic carbocycles. The van der Waals surface area contributed by atoms with Crippen molar-refractivity contribution in [1.29, 1.82) is 0 Å². The Hall–Kier alpha value is -2.46. The third-order valence-electron chi connectivity index (χ3n) is 7.52. The first-order chi connectivity index (χ1) is 17.0. The van der Waals surface area contributed by atoms with Gasteiger partial charge in [-0.2, -0.15) is 5.10 Å². The number of aromatic nitrogens is 3. The Balaban J connectivity index is 0.00000190. The molecule has 2 aliphatic heterocycles. The lowest BCUT2D eigenvalue weighted by Crippen LogP contribution is -2.53. The van der Waals surface area contributed by atoms with Crippen LogP contribution >= 0.6 is 12.4 Å². The van der Waals surface area contributed by atoms with E-state index >= 15 is 0 Å². The number of methoxy groups -OCH3 is 1. The smallest absolute Gasteiger partial charge is 0.259 e. The van der Waals surface area contributed by atoms with E-state index in [1.165, 1.54) is 0 Å². The molecule has 204 valence electrons. The molecule has 0 unspecified atom stereocenters. The Labute approximate surface area is 224 Å². The van der Waals surface area contributed by atoms with Crippen molar-refractivity contribution in [3.63, 3.8) is 0 Å². The summed E-state index contributed by atoms with van der Waals surface area (Å²) in [4.78, 5) is 33.9. The lowest BCUT2D eigenvalue weighted by Gasteiger charge is -2.40. The van der Waals surface area contributed by atoms with Crippen molar-refractivity contribution < 1.29 is 14.3 Å². The molecule has 0 saturated carbocycles. The average Bonchev–Trinajstić information content (AvgIpc) is 3.31. The molecule has 37 heavy (non-hydrogen) atoms. The monoisotopic (exact) mass is 533 g/mol. The molecule has 2 aliphatic rings. The molecule has 2 fully saturated rings. The van der Waals surface area contributed by atoms with Crippen LogP contribution in [0, 0.1) is 6.92 Å². The number of nitrogens with zero attached hydrogens (tertiary/aromatic N) is 4. The van der Waals surface area contributed by atoms with Crippen molar-refractivity contribution in [2.45, 2.75) is 52.6 Å². The van der Waals surface area contributed by atoms with Crippen molar-refractivity contribution in [2.24, 2.45) is 0 Å². The molecule has 0 spiro atoms. The van der Waals surface area contributed by atoms with E-state index in [9.17, 15) is 9.59 Å². The van der Waals surface area contributed by atoms with E-state index in [1.54, 1.807) is 13.3 Å². The third kappa shape index (κ3) is 5.70. The van der Waals surface area contributed by atoms with Crippen LogP contribution in [0.4, 0.5) is 0 Å². The summed E-state index contributed by atoms with van der Waals surface area (Å²) in [6, 6.07) is 4.36. The molecule has 1 N–H and O–H groups in total. The number of aromatic amines is 1. The van der Waals surface area contributed by atoms with Crippen LogP contribution in [0.3, 0.4) is 0 Å². The second kappa shape index (κ2) is 12.4. The number of pyridine rings is 1. The zero-order chi connectivity index (χ0) is 24.5. The largest absolute Gasteiger partial charge is 0.385 e. The molecule has 10 heteroatoms. The Kier molecular flexibility index (Phi) is 9.74. The van der Waals surface area contributed by atoms with E-state index in [4.69, 9.17) is 9.47 Å². The van der Waals surface area contributed by atoms with Crippen LogP contribution in [0.1, 0.15) is 55.6 Å². The van der Waals surface area contributed by atoms with Crippen LogP contribution in [-0.4, -0.2) is 89.6 Å². The Morgan fingerprint density at radius 3 is 2.68 bits per heavy atom. The topological polar surface area (TPSA) is 92.7 Å². The first-order valence-electron chi connectivity index (χ1n) is 12.6. The van der Waals surface area contributed by atoms with Gasteiger partial charge in [0, 0.05) is 70.1 Å². The zero-order valence-corrected chi connectivity index (χ0v) is 22.1. The molecular weight excluding hydrogens is 494 g/mol. The predicted molar refractivity (Wildman–Crippen MR) is 149 cm³/mol. The van der Waals surface area contributed by atoms with Gasteiger partial charge in [0.15, 0.2) is 0 Å². The summed E-state index contributed by atoms with van der Waals surface area (Å²) in [6.07, 6.45) is 4.35. The van der Waals surface area contributed by atoms with Gasteiger partial charge >= 0.3 is 0 Å². The minimum absolute atomic E-state index is 0. The van der Waals surface area contributed by atoms with Crippen LogP contribution in [0.15, 0.2) is 23.1 Å². The lowest BCUT2D eigenvalue weighted by atomic mass is 10.0. The Bertz CT molecular complexity index is 1280. The number of halogens is 1. The van der Waals surface area contributed by atoms with Gasteiger partial charge < -0.3 is 19.4 Å². The summed E-state index contributed by atoms with van der Waals surface area (Å²) in [7, 11) is 1.73. The second-order valence-corrected chi connectivity index (χ2v) is 9.84. The normalized spacial score (nSPS) is 19.1. The molecular formula is C27H40ClN5O4. The highest BCUT2D eigenvalue weighted by Gasteiger charge is 2.28. The van der Waals surface area contributed by atoms with E-state index < -0.39 is 0 Å². The van der Waals surface area contributed by atoms with Gasteiger partial charge in [-0.3, -0.25) is 19.2 Å². The maximum atomic E-state index is 13.7. The number of rotatable bonds is 6. The molecule has 0 radical (unpaired) electrons. The van der Waals surface area contributed by atoms with E-state index in [1.807, 2.05) is 28.6 Å². The molecule has 1 aromatic carbocycles. The number of benzene rings is 1. The number of hydrogen-bond acceptors (Lipinski definition) is 6. The predicted octanol–water partition coefficient (Wildman–Crippen LogP) is 3.78. The maximum Gasteiger partial charge on any atom is 0.259 e. The van der Waals surface area contributed by atoms with Gasteiger partial charge in [-0.25, -0.2) is 0 Å². The van der Waals surface area contributed by atoms with Crippen molar-refractivity contribution >= 4 is 40.1 Å². The van der Waals surface area contributed by atoms with Crippen LogP contribution < -0.4 is 5.56 Å². The fourth-order valence-corrected chi connectivity index (χ4v) is 5.52. The molecule has 3 aromatic rings. The van der Waals surface area contributed by atoms with Crippen molar-refractivity contribution in [2.75, 3.05) is 53.1 Å². The molecule has 1 atom stereocenters. The molecule has 1 amide bonds. The Morgan fingerprint density at radius 2 is 1.97 bits per heavy atom. The summed E-state index contributed by atoms with van der Waals surface area (Å²) in [5.41, 5.74) is 2.95. The summed E-state index contributed by atoms with van der Waals surface area (Å²) in [6.45, 7) is 9.49. The van der Waals surface area contributed by atoms with E-state index in [0.29, 0.717) is 43.3 Å². The van der Waals surface area contributed by atoms with Gasteiger partial charge in [-0.15, -0.1) is 12.4 Å². The molecule has 2 aromatic heterocycles. The summed E-state index contributed by atoms with van der Waals surface area (Å²) >= 11 is 0. The van der Waals surface area contributed by atoms with Crippen molar-refractivity contribution in [1.82, 2.24) is 24.6 Å². The van der Waals surface area contributed by atoms with Crippen LogP contribution in [0.2, 0.25) is 0 Å². The van der Waals surface area contributed by atoms with Gasteiger partial charge in [0.2, 0.25) is 0 Å². The second-order valence-electron chi connectivity index (χ2n) is 9.84. The average molecular weight is 534 g/mol. The van der Waals surface area contributed by atoms with Crippen LogP contribution in [0.25, 0.3) is 21.8 Å². The number of aryl methyl sites for hydroxylation is 1. The minimum atomic E-state index is -0.150. The van der Waals surface area contributed by atoms with Crippen molar-refractivity contribution in [3.8, 4) is 0 Å². The minimum Gasteiger partial charge on any atom is -0.385 e. The van der Waals surface area contributed by atoms with Gasteiger partial charge in [0.25, 0.3) is 11.5 Å². The molecule has 4 heterocycles. The van der Waals surface area contributed by atoms with Gasteiger partial charge in [0.1, 0.15) is 0 Å². The highest BCUT2D eigenvalue weighted by Crippen LogP contribution is 2.30. The summed E-state index contributed by atoms with van der Waals surface area (Å²) < 4.78 is 12.7. The summed E-state index contributed by atoms with van der Waals surface area (Å²) in [5.74, 6) is 0.0456. The third-order valence-corrected chi connectivity index (χ3v) is 7.52. The quantitative estimate of drug-likeness (QED) is 0.485. The zero-order valence-electron chi connectivity index (χ0n) is 21.3. The van der Waals surface area contributed by atoms with E-state index in [2.05, 4.69) is 21.9 Å². The fraction of sp³-hybridized carbons (Fsp3) is 0.593. The number of amides is 1. The lowest BCUT2D eigenvalue weighted by molar-refractivity contribution is 0.0490. The number of fused-ring (bicyclic) bond motifs is 3. The van der Waals surface area contributed by atoms with Crippen molar-refractivity contribution in [3.05, 3.63) is 39.8 Å². The number of piperazine rings is 1. The van der Waals surface area contributed by atoms with E-state index in [-0.39, 0.29) is 37.3 Å². The first kappa shape index (κ1) is 29.1. The van der Waals surface area contributed by atoms with Gasteiger partial charge in [-0.1, -0.05) is 7.43 Å². The Morgan fingerprint density at radius 1 is 1.22 bits per heavy atom. The molecule has 9 nitrogen and oxygen atoms in total. The highest BCUT2D eigenvalue weighted by atomic mass is 35.5. The molecule has 5 rings (SSSR count). The fourth-order valence-electron chi connectivity index (χ4n) is 5.52. The number of carbonyl (C=O) groups is 1. The molecule has 0 bridgehead atoms. The maximum absolute atomic E-state index is 13.7. The molecule has 2 saturated heterocycles. The number of hydrogen-bond donors (Lipinski definition) is 1. The van der Waals surface area contributed by atoms with E-state index in [0.717, 1.165) is 60.9 Å². The SMILES string of the molecule is C.COCCCN1CCN(C(=O)c2cc3c(cc2C)[nH]c(=O)c2cnn(C4CCOCC4)c23)C[C@H]1C.Cl. The number of ether oxygens (including phenoxy) is 2. The van der Waals surface area contributed by atoms with Gasteiger partial charge in [0.05, 0.1) is 28.7 Å². The number of H-pyrrole nitrogens is 1. The van der Waals surface area contributed by atoms with Crippen LogP contribution in [-0.2, 0) is 9.47 Å². The first-order valence-corrected chi connectivity index (χ1v) is 12.6.